The van der Waals surface area contributed by atoms with Gasteiger partial charge in [0.05, 0.1) is 24.8 Å². The summed E-state index contributed by atoms with van der Waals surface area (Å²) in [7, 11) is -1.24. The average molecular weight is 487 g/mol. The number of sulfonamides is 1. The number of phenolic OH excluding ortho intramolecular Hbond substituents is 1. The predicted molar refractivity (Wildman–Crippen MR) is 131 cm³/mol. The number of methoxy groups -OCH3 is 2. The third kappa shape index (κ3) is 5.27. The molecule has 0 bridgehead atoms. The van der Waals surface area contributed by atoms with Gasteiger partial charge in [0, 0.05) is 0 Å². The fraction of sp³-hybridized carbons (Fsp3) is 0.280. The Bertz CT molecular complexity index is 1270. The number of anilines is 1. The molecule has 0 radical (unpaired) electrons. The maximum absolute atomic E-state index is 13.8. The monoisotopic (exact) mass is 486 g/mol. The number of para-hydroxylation sites is 2. The standard InChI is InChI=1S/C25H30N2O6S/c1-17-9-14-24(19(15-17)12-10-18-11-13-22(32-3)23(16-18)33-4)34(30,31)27(25(2,26)29)20-7-5-6-8-21(20)28/h5-9,11,13-16,28-29H,10,12,26H2,1-4H3. The summed E-state index contributed by atoms with van der Waals surface area (Å²) in [5, 5.41) is 20.9. The lowest BCUT2D eigenvalue weighted by Crippen LogP contribution is -2.56. The largest absolute Gasteiger partial charge is 0.506 e. The Morgan fingerprint density at radius 3 is 2.26 bits per heavy atom. The summed E-state index contributed by atoms with van der Waals surface area (Å²) >= 11 is 0. The van der Waals surface area contributed by atoms with Crippen LogP contribution in [0, 0.1) is 6.92 Å². The molecule has 3 aromatic carbocycles. The summed E-state index contributed by atoms with van der Waals surface area (Å²) in [6.45, 7) is 3.02. The van der Waals surface area contributed by atoms with Crippen molar-refractivity contribution < 1.29 is 28.1 Å². The van der Waals surface area contributed by atoms with Crippen LogP contribution in [-0.4, -0.2) is 38.7 Å². The molecule has 0 saturated heterocycles. The predicted octanol–water partition coefficient (Wildman–Crippen LogP) is 3.32. The van der Waals surface area contributed by atoms with Crippen LogP contribution in [0.15, 0.2) is 65.6 Å². The number of benzene rings is 3. The molecule has 3 aromatic rings. The van der Waals surface area contributed by atoms with Crippen LogP contribution in [-0.2, 0) is 22.9 Å². The molecule has 0 aliphatic rings. The summed E-state index contributed by atoms with van der Waals surface area (Å²) in [5.41, 5.74) is 8.13. The minimum absolute atomic E-state index is 0.00689. The van der Waals surface area contributed by atoms with Crippen molar-refractivity contribution >= 4 is 15.7 Å². The summed E-state index contributed by atoms with van der Waals surface area (Å²) < 4.78 is 38.9. The van der Waals surface area contributed by atoms with E-state index in [2.05, 4.69) is 0 Å². The van der Waals surface area contributed by atoms with Gasteiger partial charge in [-0.15, -0.1) is 0 Å². The molecule has 0 saturated carbocycles. The first-order valence-corrected chi connectivity index (χ1v) is 12.1. The number of ether oxygens (including phenoxy) is 2. The van der Waals surface area contributed by atoms with Crippen LogP contribution >= 0.6 is 0 Å². The SMILES string of the molecule is COc1ccc(CCc2cc(C)ccc2S(=O)(=O)N(c2ccccc2O)C(C)(N)O)cc1OC. The van der Waals surface area contributed by atoms with Gasteiger partial charge >= 0.3 is 0 Å². The van der Waals surface area contributed by atoms with E-state index in [9.17, 15) is 18.6 Å². The van der Waals surface area contributed by atoms with E-state index in [1.807, 2.05) is 19.1 Å². The first kappa shape index (κ1) is 25.4. The van der Waals surface area contributed by atoms with Gasteiger partial charge in [-0.3, -0.25) is 5.73 Å². The van der Waals surface area contributed by atoms with Crippen molar-refractivity contribution in [3.63, 3.8) is 0 Å². The van der Waals surface area contributed by atoms with E-state index in [4.69, 9.17) is 15.2 Å². The molecule has 1 unspecified atom stereocenters. The molecule has 1 atom stereocenters. The van der Waals surface area contributed by atoms with Crippen LogP contribution in [0.3, 0.4) is 0 Å². The van der Waals surface area contributed by atoms with E-state index in [-0.39, 0.29) is 16.3 Å². The second kappa shape index (κ2) is 9.92. The third-order valence-corrected chi connectivity index (χ3v) is 7.38. The fourth-order valence-corrected chi connectivity index (χ4v) is 5.65. The van der Waals surface area contributed by atoms with Gasteiger partial charge < -0.3 is 19.7 Å². The minimum atomic E-state index is -4.36. The molecular weight excluding hydrogens is 456 g/mol. The highest BCUT2D eigenvalue weighted by Gasteiger charge is 2.39. The Kier molecular flexibility index (Phi) is 7.40. The lowest BCUT2D eigenvalue weighted by Gasteiger charge is -2.35. The number of nitrogens with two attached hydrogens (primary N) is 1. The molecule has 8 nitrogen and oxygen atoms in total. The van der Waals surface area contributed by atoms with Crippen LogP contribution in [0.1, 0.15) is 23.6 Å². The van der Waals surface area contributed by atoms with E-state index >= 15 is 0 Å². The smallest absolute Gasteiger partial charge is 0.268 e. The zero-order valence-corrected chi connectivity index (χ0v) is 20.5. The average Bonchev–Trinajstić information content (AvgIpc) is 2.77. The number of phenols is 1. The second-order valence-electron chi connectivity index (χ2n) is 8.15. The van der Waals surface area contributed by atoms with E-state index < -0.39 is 15.9 Å². The van der Waals surface area contributed by atoms with E-state index in [0.29, 0.717) is 34.2 Å². The zero-order valence-electron chi connectivity index (χ0n) is 19.6. The summed E-state index contributed by atoms with van der Waals surface area (Å²) in [6.07, 6.45) is 0.926. The fourth-order valence-electron chi connectivity index (χ4n) is 3.82. The van der Waals surface area contributed by atoms with Crippen LogP contribution < -0.4 is 19.5 Å². The normalized spacial score (nSPS) is 13.2. The summed E-state index contributed by atoms with van der Waals surface area (Å²) in [4.78, 5) is -0.00689. The first-order chi connectivity index (χ1) is 16.0. The zero-order chi connectivity index (χ0) is 25.1. The van der Waals surface area contributed by atoms with Gasteiger partial charge in [-0.1, -0.05) is 35.9 Å². The third-order valence-electron chi connectivity index (χ3n) is 5.38. The number of aryl methyl sites for hydroxylation is 3. The maximum atomic E-state index is 13.8. The summed E-state index contributed by atoms with van der Waals surface area (Å²) in [6, 6.07) is 16.3. The van der Waals surface area contributed by atoms with Crippen LogP contribution in [0.25, 0.3) is 0 Å². The van der Waals surface area contributed by atoms with Gasteiger partial charge in [0.15, 0.2) is 11.5 Å². The molecule has 4 N–H and O–H groups in total. The molecule has 3 rings (SSSR count). The quantitative estimate of drug-likeness (QED) is 0.397. The van der Waals surface area contributed by atoms with Gasteiger partial charge in [0.1, 0.15) is 5.75 Å². The number of hydrogen-bond donors (Lipinski definition) is 3. The lowest BCUT2D eigenvalue weighted by atomic mass is 10.0. The van der Waals surface area contributed by atoms with Gasteiger partial charge in [0.25, 0.3) is 10.0 Å². The van der Waals surface area contributed by atoms with Crippen LogP contribution in [0.5, 0.6) is 17.2 Å². The molecule has 0 aliphatic carbocycles. The van der Waals surface area contributed by atoms with E-state index in [1.165, 1.54) is 18.2 Å². The number of aliphatic hydroxyl groups is 1. The Balaban J connectivity index is 2.04. The Morgan fingerprint density at radius 2 is 1.65 bits per heavy atom. The van der Waals surface area contributed by atoms with Crippen LogP contribution in [0.4, 0.5) is 5.69 Å². The molecule has 0 fully saturated rings. The van der Waals surface area contributed by atoms with Crippen LogP contribution in [0.2, 0.25) is 0 Å². The molecule has 0 aromatic heterocycles. The molecule has 0 heterocycles. The minimum Gasteiger partial charge on any atom is -0.506 e. The maximum Gasteiger partial charge on any atom is 0.268 e. The van der Waals surface area contributed by atoms with E-state index in [0.717, 1.165) is 18.1 Å². The Morgan fingerprint density at radius 1 is 0.971 bits per heavy atom. The van der Waals surface area contributed by atoms with Crippen molar-refractivity contribution in [1.82, 2.24) is 0 Å². The van der Waals surface area contributed by atoms with Crippen molar-refractivity contribution in [2.75, 3.05) is 18.5 Å². The van der Waals surface area contributed by atoms with Crippen molar-refractivity contribution in [3.8, 4) is 17.2 Å². The molecular formula is C25H30N2O6S. The second-order valence-corrected chi connectivity index (χ2v) is 9.91. The van der Waals surface area contributed by atoms with Crippen molar-refractivity contribution in [1.29, 1.82) is 0 Å². The van der Waals surface area contributed by atoms with Gasteiger partial charge in [-0.05, 0) is 68.1 Å². The Labute approximate surface area is 200 Å². The van der Waals surface area contributed by atoms with Crippen molar-refractivity contribution in [3.05, 3.63) is 77.4 Å². The highest BCUT2D eigenvalue weighted by atomic mass is 32.2. The highest BCUT2D eigenvalue weighted by molar-refractivity contribution is 7.93. The number of aromatic hydroxyl groups is 1. The molecule has 9 heteroatoms. The first-order valence-electron chi connectivity index (χ1n) is 10.6. The molecule has 0 spiro atoms. The summed E-state index contributed by atoms with van der Waals surface area (Å²) in [5.74, 6) is -1.44. The van der Waals surface area contributed by atoms with Gasteiger partial charge in [-0.25, -0.2) is 12.7 Å². The van der Waals surface area contributed by atoms with Gasteiger partial charge in [-0.2, -0.15) is 0 Å². The molecule has 0 aliphatic heterocycles. The highest BCUT2D eigenvalue weighted by Crippen LogP contribution is 2.36. The van der Waals surface area contributed by atoms with Gasteiger partial charge in [0.2, 0.25) is 5.85 Å². The number of hydrogen-bond acceptors (Lipinski definition) is 7. The number of rotatable bonds is 9. The van der Waals surface area contributed by atoms with Crippen molar-refractivity contribution in [2.45, 2.75) is 37.4 Å². The molecule has 182 valence electrons. The molecule has 34 heavy (non-hydrogen) atoms. The van der Waals surface area contributed by atoms with Crippen molar-refractivity contribution in [2.24, 2.45) is 5.73 Å². The topological polar surface area (TPSA) is 122 Å². The van der Waals surface area contributed by atoms with E-state index in [1.54, 1.807) is 44.6 Å². The number of nitrogens with zero attached hydrogens (tertiary/aromatic N) is 1. The Hall–Kier alpha value is -3.27. The lowest BCUT2D eigenvalue weighted by molar-refractivity contribution is 0.0796. The molecule has 0 amide bonds.